The normalized spacial score (nSPS) is 10.2. The Labute approximate surface area is 102 Å². The average molecular weight is 249 g/mol. The van der Waals surface area contributed by atoms with Gasteiger partial charge in [-0.3, -0.25) is 0 Å². The fourth-order valence-corrected chi connectivity index (χ4v) is 1.90. The lowest BCUT2D eigenvalue weighted by Crippen LogP contribution is -2.00. The maximum absolute atomic E-state index is 10.8. The van der Waals surface area contributed by atoms with Crippen molar-refractivity contribution in [2.75, 3.05) is 0 Å². The van der Waals surface area contributed by atoms with Crippen molar-refractivity contribution in [1.82, 2.24) is 4.98 Å². The molecule has 0 saturated heterocycles. The standard InChI is InChI=1S/C11H7NO2S2/c13-11(14)9-4-10(16)7-2-1-6(5-15)3-8(7)12-9/h1-5H,(H,12,16)(H,13,14). The Morgan fingerprint density at radius 3 is 2.75 bits per heavy atom. The van der Waals surface area contributed by atoms with Crippen LogP contribution in [-0.2, 0) is 0 Å². The van der Waals surface area contributed by atoms with E-state index >= 15 is 0 Å². The maximum Gasteiger partial charge on any atom is 0.352 e. The number of H-pyrrole nitrogens is 1. The first-order valence-corrected chi connectivity index (χ1v) is 5.35. The Balaban J connectivity index is 2.82. The van der Waals surface area contributed by atoms with Crippen molar-refractivity contribution in [3.05, 3.63) is 40.0 Å². The molecule has 1 heterocycles. The molecule has 0 atom stereocenters. The number of carboxylic acids is 1. The fraction of sp³-hybridized carbons (Fsp3) is 0. The van der Waals surface area contributed by atoms with Crippen LogP contribution in [-0.4, -0.2) is 21.4 Å². The van der Waals surface area contributed by atoms with Crippen LogP contribution >= 0.6 is 24.4 Å². The topological polar surface area (TPSA) is 53.1 Å². The van der Waals surface area contributed by atoms with Gasteiger partial charge in [-0.1, -0.05) is 36.6 Å². The Morgan fingerprint density at radius 2 is 2.12 bits per heavy atom. The van der Waals surface area contributed by atoms with Crippen LogP contribution in [0.2, 0.25) is 0 Å². The minimum absolute atomic E-state index is 0.0824. The highest BCUT2D eigenvalue weighted by Crippen LogP contribution is 2.16. The molecule has 0 radical (unpaired) electrons. The first-order chi connectivity index (χ1) is 7.61. The molecule has 0 amide bonds. The van der Waals surface area contributed by atoms with Gasteiger partial charge < -0.3 is 10.1 Å². The molecule has 5 heteroatoms. The predicted molar refractivity (Wildman–Crippen MR) is 68.8 cm³/mol. The number of fused-ring (bicyclic) bond motifs is 1. The Hall–Kier alpha value is -1.59. The number of hydrogen-bond donors (Lipinski definition) is 2. The number of carbonyl (C=O) groups is 1. The molecule has 0 aliphatic heterocycles. The highest BCUT2D eigenvalue weighted by molar-refractivity contribution is 7.79. The van der Waals surface area contributed by atoms with E-state index in [9.17, 15) is 4.79 Å². The molecule has 80 valence electrons. The number of hydrogen-bond acceptors (Lipinski definition) is 3. The summed E-state index contributed by atoms with van der Waals surface area (Å²) in [6.07, 6.45) is 0. The van der Waals surface area contributed by atoms with Crippen molar-refractivity contribution in [3.63, 3.8) is 0 Å². The molecule has 0 saturated carbocycles. The zero-order valence-corrected chi connectivity index (χ0v) is 9.69. The van der Waals surface area contributed by atoms with E-state index in [4.69, 9.17) is 29.5 Å². The molecular formula is C11H7NO2S2. The molecule has 0 spiro atoms. The third-order valence-electron chi connectivity index (χ3n) is 2.22. The Morgan fingerprint density at radius 1 is 1.38 bits per heavy atom. The molecule has 0 fully saturated rings. The summed E-state index contributed by atoms with van der Waals surface area (Å²) in [5.74, 6) is -1.03. The Kier molecular flexibility index (Phi) is 2.80. The van der Waals surface area contributed by atoms with Gasteiger partial charge >= 0.3 is 5.97 Å². The summed E-state index contributed by atoms with van der Waals surface area (Å²) in [7, 11) is 0. The maximum atomic E-state index is 10.8. The van der Waals surface area contributed by atoms with Crippen molar-refractivity contribution in [2.45, 2.75) is 0 Å². The Bertz CT molecular complexity index is 646. The molecule has 0 aliphatic rings. The summed E-state index contributed by atoms with van der Waals surface area (Å²) in [4.78, 5) is 13.7. The smallest absolute Gasteiger partial charge is 0.352 e. The molecular weight excluding hydrogens is 242 g/mol. The minimum Gasteiger partial charge on any atom is -0.477 e. The van der Waals surface area contributed by atoms with E-state index in [2.05, 4.69) is 4.98 Å². The monoisotopic (exact) mass is 249 g/mol. The number of carboxylic acid groups (broad SMARTS) is 1. The predicted octanol–water partition coefficient (Wildman–Crippen LogP) is 2.94. The molecule has 2 N–H and O–H groups in total. The summed E-state index contributed by atoms with van der Waals surface area (Å²) in [6, 6.07) is 6.90. The second-order valence-corrected chi connectivity index (χ2v) is 3.95. The van der Waals surface area contributed by atoms with Gasteiger partial charge in [0, 0.05) is 20.8 Å². The highest BCUT2D eigenvalue weighted by atomic mass is 32.1. The molecule has 0 unspecified atom stereocenters. The fourth-order valence-electron chi connectivity index (χ4n) is 1.46. The van der Waals surface area contributed by atoms with E-state index in [0.717, 1.165) is 10.9 Å². The number of benzene rings is 1. The van der Waals surface area contributed by atoms with Gasteiger partial charge in [-0.2, -0.15) is 0 Å². The SMILES string of the molecule is O=C(O)c1cc(=S)c2ccc(C=S)cc2[nH]1. The zero-order valence-electron chi connectivity index (χ0n) is 8.06. The molecule has 2 rings (SSSR count). The van der Waals surface area contributed by atoms with Gasteiger partial charge in [0.15, 0.2) is 0 Å². The van der Waals surface area contributed by atoms with Gasteiger partial charge in [0.25, 0.3) is 0 Å². The third kappa shape index (κ3) is 1.87. The summed E-state index contributed by atoms with van der Waals surface area (Å²) in [5.41, 5.74) is 1.61. The van der Waals surface area contributed by atoms with Gasteiger partial charge in [-0.05, 0) is 17.7 Å². The molecule has 16 heavy (non-hydrogen) atoms. The van der Waals surface area contributed by atoms with Crippen LogP contribution in [0.3, 0.4) is 0 Å². The van der Waals surface area contributed by atoms with Crippen molar-refractivity contribution >= 4 is 46.7 Å². The summed E-state index contributed by atoms with van der Waals surface area (Å²) in [6.45, 7) is 0. The average Bonchev–Trinajstić information content (AvgIpc) is 2.28. The highest BCUT2D eigenvalue weighted by Gasteiger charge is 2.05. The van der Waals surface area contributed by atoms with E-state index in [1.165, 1.54) is 11.4 Å². The first kappa shape index (κ1) is 10.9. The number of aromatic carboxylic acids is 1. The van der Waals surface area contributed by atoms with Gasteiger partial charge in [-0.25, -0.2) is 4.79 Å². The van der Waals surface area contributed by atoms with Crippen LogP contribution < -0.4 is 0 Å². The molecule has 1 aromatic carbocycles. The van der Waals surface area contributed by atoms with E-state index in [1.807, 2.05) is 12.1 Å². The zero-order chi connectivity index (χ0) is 11.7. The van der Waals surface area contributed by atoms with E-state index in [1.54, 1.807) is 6.07 Å². The largest absolute Gasteiger partial charge is 0.477 e. The van der Waals surface area contributed by atoms with Crippen LogP contribution in [0, 0.1) is 4.51 Å². The van der Waals surface area contributed by atoms with Gasteiger partial charge in [0.2, 0.25) is 0 Å². The number of aromatic amines is 1. The molecule has 0 bridgehead atoms. The lowest BCUT2D eigenvalue weighted by atomic mass is 10.1. The number of nitrogens with one attached hydrogen (secondary N) is 1. The van der Waals surface area contributed by atoms with Crippen molar-refractivity contribution in [1.29, 1.82) is 0 Å². The lowest BCUT2D eigenvalue weighted by Gasteiger charge is -2.02. The number of rotatable bonds is 2. The van der Waals surface area contributed by atoms with Crippen LogP contribution in [0.25, 0.3) is 10.9 Å². The van der Waals surface area contributed by atoms with Crippen molar-refractivity contribution < 1.29 is 9.90 Å². The number of thiocarbonyl (C=S) groups is 1. The second-order valence-electron chi connectivity index (χ2n) is 3.28. The minimum atomic E-state index is -1.03. The van der Waals surface area contributed by atoms with Crippen molar-refractivity contribution in [3.8, 4) is 0 Å². The lowest BCUT2D eigenvalue weighted by molar-refractivity contribution is 0.0691. The summed E-state index contributed by atoms with van der Waals surface area (Å²) in [5, 5.41) is 11.2. The van der Waals surface area contributed by atoms with Gasteiger partial charge in [0.1, 0.15) is 5.69 Å². The van der Waals surface area contributed by atoms with Crippen LogP contribution in [0.5, 0.6) is 0 Å². The van der Waals surface area contributed by atoms with Gasteiger partial charge in [-0.15, -0.1) is 0 Å². The summed E-state index contributed by atoms with van der Waals surface area (Å²) < 4.78 is 0.516. The van der Waals surface area contributed by atoms with E-state index in [0.29, 0.717) is 10.0 Å². The van der Waals surface area contributed by atoms with Crippen LogP contribution in [0.1, 0.15) is 16.1 Å². The number of aromatic nitrogens is 1. The number of pyridine rings is 1. The first-order valence-electron chi connectivity index (χ1n) is 4.47. The molecule has 1 aromatic heterocycles. The van der Waals surface area contributed by atoms with E-state index in [-0.39, 0.29) is 5.69 Å². The van der Waals surface area contributed by atoms with Crippen LogP contribution in [0.4, 0.5) is 0 Å². The second kappa shape index (κ2) is 4.11. The molecule has 2 aromatic rings. The molecule has 3 nitrogen and oxygen atoms in total. The van der Waals surface area contributed by atoms with E-state index < -0.39 is 5.97 Å². The summed E-state index contributed by atoms with van der Waals surface area (Å²) >= 11 is 9.94. The quantitative estimate of drug-likeness (QED) is 0.803. The van der Waals surface area contributed by atoms with Gasteiger partial charge in [0.05, 0.1) is 0 Å². The van der Waals surface area contributed by atoms with Crippen molar-refractivity contribution in [2.24, 2.45) is 0 Å². The third-order valence-corrected chi connectivity index (χ3v) is 2.83. The molecule has 0 aliphatic carbocycles. The van der Waals surface area contributed by atoms with Crippen LogP contribution in [0.15, 0.2) is 24.3 Å².